The lowest BCUT2D eigenvalue weighted by molar-refractivity contribution is 0.644. The van der Waals surface area contributed by atoms with Crippen LogP contribution in [-0.2, 0) is 10.8 Å². The average Bonchev–Trinajstić information content (AvgIpc) is 3.28. The van der Waals surface area contributed by atoms with Crippen molar-refractivity contribution in [2.45, 2.75) is 52.4 Å². The molecule has 0 saturated carbocycles. The molecule has 62 heavy (non-hydrogen) atoms. The highest BCUT2D eigenvalue weighted by molar-refractivity contribution is 6.31. The van der Waals surface area contributed by atoms with E-state index in [-0.39, 0.29) is 10.8 Å². The molecule has 10 aromatic carbocycles. The van der Waals surface area contributed by atoms with Crippen LogP contribution in [0.3, 0.4) is 0 Å². The number of benzene rings is 10. The molecule has 0 radical (unpaired) electrons. The van der Waals surface area contributed by atoms with Gasteiger partial charge in [-0.05, 0) is 187 Å². The second-order valence-electron chi connectivity index (χ2n) is 18.8. The van der Waals surface area contributed by atoms with Crippen LogP contribution in [0.2, 0.25) is 0 Å². The summed E-state index contributed by atoms with van der Waals surface area (Å²) in [5.41, 5.74) is 19.8. The Labute approximate surface area is 364 Å². The predicted octanol–water partition coefficient (Wildman–Crippen LogP) is 16.8. The Morgan fingerprint density at radius 1 is 0.290 bits per heavy atom. The summed E-state index contributed by atoms with van der Waals surface area (Å²) < 4.78 is 0. The standard InChI is InChI=1S/C60H48N2/c1-37-15-13-21-43(31-37)61(41-17-9-7-10-18-41)45-25-27-47-49-33-39-24-30-52-58-50(34-40-23-29-51(57(49)55(40)56(39)58)59(3,4)53(47)35-45)48-28-26-46(36-54(48)60(52,5)6)62(42-19-11-8-12-20-42)44-22-14-16-38(2)32-44/h7-36H,1-6H3. The molecule has 0 fully saturated rings. The van der Waals surface area contributed by atoms with E-state index < -0.39 is 0 Å². The van der Waals surface area contributed by atoms with Crippen molar-refractivity contribution < 1.29 is 0 Å². The van der Waals surface area contributed by atoms with Crippen molar-refractivity contribution in [3.8, 4) is 22.3 Å². The summed E-state index contributed by atoms with van der Waals surface area (Å²) in [6, 6.07) is 68.3. The number of rotatable bonds is 6. The fraction of sp³-hybridized carbons (Fsp3) is 0.133. The van der Waals surface area contributed by atoms with Crippen LogP contribution >= 0.6 is 0 Å². The zero-order valence-corrected chi connectivity index (χ0v) is 36.2. The third-order valence-corrected chi connectivity index (χ3v) is 14.2. The molecular weight excluding hydrogens is 749 g/mol. The number of hydrogen-bond donors (Lipinski definition) is 0. The Balaban J connectivity index is 1.06. The molecule has 0 aromatic heterocycles. The monoisotopic (exact) mass is 796 g/mol. The van der Waals surface area contributed by atoms with E-state index in [9.17, 15) is 0 Å². The quantitative estimate of drug-likeness (QED) is 0.155. The van der Waals surface area contributed by atoms with Crippen LogP contribution in [0.4, 0.5) is 34.1 Å². The van der Waals surface area contributed by atoms with Gasteiger partial charge in [-0.15, -0.1) is 0 Å². The lowest BCUT2D eigenvalue weighted by Gasteiger charge is -2.39. The number of nitrogens with zero attached hydrogens (tertiary/aromatic N) is 2. The van der Waals surface area contributed by atoms with Crippen molar-refractivity contribution >= 4 is 66.4 Å². The Bertz CT molecular complexity index is 3200. The molecule has 0 saturated heterocycles. The zero-order valence-electron chi connectivity index (χ0n) is 36.2. The number of aryl methyl sites for hydroxylation is 2. The summed E-state index contributed by atoms with van der Waals surface area (Å²) in [7, 11) is 0. The highest BCUT2D eigenvalue weighted by Crippen LogP contribution is 2.58. The molecule has 10 aromatic rings. The van der Waals surface area contributed by atoms with Crippen LogP contribution in [0, 0.1) is 13.8 Å². The van der Waals surface area contributed by atoms with Crippen LogP contribution in [0.1, 0.15) is 61.1 Å². The van der Waals surface area contributed by atoms with Crippen LogP contribution in [-0.4, -0.2) is 0 Å². The molecule has 0 atom stereocenters. The van der Waals surface area contributed by atoms with E-state index in [0.29, 0.717) is 0 Å². The third-order valence-electron chi connectivity index (χ3n) is 14.2. The van der Waals surface area contributed by atoms with E-state index in [1.165, 1.54) is 99.3 Å². The summed E-state index contributed by atoms with van der Waals surface area (Å²) in [5.74, 6) is 0. The van der Waals surface area contributed by atoms with Crippen LogP contribution < -0.4 is 9.80 Å². The number of anilines is 6. The van der Waals surface area contributed by atoms with E-state index >= 15 is 0 Å². The molecule has 0 bridgehead atoms. The Hall–Kier alpha value is -7.16. The van der Waals surface area contributed by atoms with E-state index in [2.05, 4.69) is 233 Å². The van der Waals surface area contributed by atoms with Crippen molar-refractivity contribution in [2.24, 2.45) is 0 Å². The molecule has 2 nitrogen and oxygen atoms in total. The highest BCUT2D eigenvalue weighted by atomic mass is 15.1. The van der Waals surface area contributed by atoms with Gasteiger partial charge in [-0.1, -0.05) is 125 Å². The first-order chi connectivity index (χ1) is 30.1. The van der Waals surface area contributed by atoms with Gasteiger partial charge in [0.2, 0.25) is 0 Å². The first kappa shape index (κ1) is 36.7. The first-order valence-corrected chi connectivity index (χ1v) is 22.0. The lowest BCUT2D eigenvalue weighted by atomic mass is 9.65. The SMILES string of the molecule is Cc1cccc(N(c2ccccc2)c2ccc3c(c2)C(C)(C)c2ccc4cc5c6c(ccc7cc-3c2c4c76)C(C)(C)c2cc(N(c3ccccc3)c3cccc(C)c3)ccc2-5)c1. The molecule has 0 aliphatic heterocycles. The molecule has 2 aliphatic rings. The van der Waals surface area contributed by atoms with Crippen molar-refractivity contribution in [3.63, 3.8) is 0 Å². The molecule has 2 heteroatoms. The second-order valence-corrected chi connectivity index (χ2v) is 18.8. The average molecular weight is 797 g/mol. The third kappa shape index (κ3) is 5.23. The normalized spacial score (nSPS) is 14.2. The number of fused-ring (bicyclic) bond motifs is 4. The van der Waals surface area contributed by atoms with E-state index in [1.54, 1.807) is 0 Å². The van der Waals surface area contributed by atoms with Gasteiger partial charge in [-0.25, -0.2) is 0 Å². The molecule has 12 rings (SSSR count). The van der Waals surface area contributed by atoms with Crippen LogP contribution in [0.5, 0.6) is 0 Å². The molecule has 0 unspecified atom stereocenters. The Morgan fingerprint density at radius 2 is 0.677 bits per heavy atom. The minimum Gasteiger partial charge on any atom is -0.310 e. The fourth-order valence-electron chi connectivity index (χ4n) is 11.2. The second kappa shape index (κ2) is 13.2. The Kier molecular flexibility index (Phi) is 7.79. The van der Waals surface area contributed by atoms with E-state index in [0.717, 1.165) is 22.7 Å². The summed E-state index contributed by atoms with van der Waals surface area (Å²) in [5, 5.41) is 8.21. The molecule has 0 spiro atoms. The van der Waals surface area contributed by atoms with E-state index in [1.807, 2.05) is 0 Å². The smallest absolute Gasteiger partial charge is 0.0465 e. The first-order valence-electron chi connectivity index (χ1n) is 22.0. The number of hydrogen-bond acceptors (Lipinski definition) is 2. The maximum absolute atomic E-state index is 2.50. The molecule has 2 aliphatic carbocycles. The molecule has 0 heterocycles. The van der Waals surface area contributed by atoms with Gasteiger partial charge in [-0.3, -0.25) is 0 Å². The van der Waals surface area contributed by atoms with Gasteiger partial charge in [-0.2, -0.15) is 0 Å². The van der Waals surface area contributed by atoms with Gasteiger partial charge in [0.05, 0.1) is 0 Å². The summed E-state index contributed by atoms with van der Waals surface area (Å²) >= 11 is 0. The molecular formula is C60H48N2. The minimum atomic E-state index is -0.234. The van der Waals surface area contributed by atoms with Crippen molar-refractivity contribution in [1.82, 2.24) is 0 Å². The van der Waals surface area contributed by atoms with Gasteiger partial charge in [0.25, 0.3) is 0 Å². The van der Waals surface area contributed by atoms with Crippen molar-refractivity contribution in [2.75, 3.05) is 9.80 Å². The highest BCUT2D eigenvalue weighted by Gasteiger charge is 2.39. The summed E-state index contributed by atoms with van der Waals surface area (Å²) in [4.78, 5) is 4.80. The van der Waals surface area contributed by atoms with E-state index in [4.69, 9.17) is 0 Å². The maximum Gasteiger partial charge on any atom is 0.0465 e. The van der Waals surface area contributed by atoms with Crippen molar-refractivity contribution in [1.29, 1.82) is 0 Å². The largest absolute Gasteiger partial charge is 0.310 e. The zero-order chi connectivity index (χ0) is 42.1. The van der Waals surface area contributed by atoms with Crippen LogP contribution in [0.25, 0.3) is 54.6 Å². The summed E-state index contributed by atoms with van der Waals surface area (Å²) in [6.45, 7) is 14.1. The molecule has 0 amide bonds. The predicted molar refractivity (Wildman–Crippen MR) is 264 cm³/mol. The molecule has 298 valence electrons. The van der Waals surface area contributed by atoms with Gasteiger partial charge in [0.1, 0.15) is 0 Å². The topological polar surface area (TPSA) is 6.48 Å². The van der Waals surface area contributed by atoms with Gasteiger partial charge < -0.3 is 9.80 Å². The summed E-state index contributed by atoms with van der Waals surface area (Å²) in [6.07, 6.45) is 0. The minimum absolute atomic E-state index is 0.234. The Morgan fingerprint density at radius 3 is 1.08 bits per heavy atom. The van der Waals surface area contributed by atoms with Gasteiger partial charge >= 0.3 is 0 Å². The number of para-hydroxylation sites is 2. The van der Waals surface area contributed by atoms with Crippen LogP contribution in [0.15, 0.2) is 182 Å². The van der Waals surface area contributed by atoms with Gasteiger partial charge in [0.15, 0.2) is 0 Å². The fourth-order valence-corrected chi connectivity index (χ4v) is 11.2. The van der Waals surface area contributed by atoms with Crippen molar-refractivity contribution in [3.05, 3.63) is 215 Å². The lowest BCUT2D eigenvalue weighted by Crippen LogP contribution is -2.25. The maximum atomic E-state index is 2.50. The molecule has 0 N–H and O–H groups in total. The van der Waals surface area contributed by atoms with Gasteiger partial charge in [0, 0.05) is 45.0 Å².